The molecule has 2 atom stereocenters. The smallest absolute Gasteiger partial charge is 0.328 e. The lowest BCUT2D eigenvalue weighted by Crippen LogP contribution is -2.52. The third kappa shape index (κ3) is 3.06. The lowest BCUT2D eigenvalue weighted by Gasteiger charge is -2.36. The Bertz CT molecular complexity index is 572. The minimum atomic E-state index is -0.773. The minimum Gasteiger partial charge on any atom is -0.496 e. The van der Waals surface area contributed by atoms with Crippen molar-refractivity contribution >= 4 is 11.9 Å². The van der Waals surface area contributed by atoms with Gasteiger partial charge in [-0.3, -0.25) is 4.79 Å². The number of amides is 1. The van der Waals surface area contributed by atoms with Gasteiger partial charge in [-0.05, 0) is 25.0 Å². The van der Waals surface area contributed by atoms with Crippen molar-refractivity contribution in [3.63, 3.8) is 0 Å². The van der Waals surface area contributed by atoms with Gasteiger partial charge < -0.3 is 19.5 Å². The first-order chi connectivity index (χ1) is 10.5. The van der Waals surface area contributed by atoms with Crippen molar-refractivity contribution in [1.29, 1.82) is 0 Å². The lowest BCUT2D eigenvalue weighted by molar-refractivity contribution is -0.148. The van der Waals surface area contributed by atoms with Crippen LogP contribution in [0.2, 0.25) is 0 Å². The minimum absolute atomic E-state index is 0.187. The van der Waals surface area contributed by atoms with E-state index in [9.17, 15) is 14.7 Å². The zero-order valence-corrected chi connectivity index (χ0v) is 13.0. The summed E-state index contributed by atoms with van der Waals surface area (Å²) in [5.41, 5.74) is 1.22. The molecular formula is C16H21NO5. The van der Waals surface area contributed by atoms with E-state index in [4.69, 9.17) is 9.47 Å². The number of hydrogen-bond acceptors (Lipinski definition) is 5. The summed E-state index contributed by atoms with van der Waals surface area (Å²) in [7, 11) is 2.78. The van der Waals surface area contributed by atoms with E-state index in [0.717, 1.165) is 5.56 Å². The van der Waals surface area contributed by atoms with Crippen molar-refractivity contribution in [3.05, 3.63) is 29.3 Å². The highest BCUT2D eigenvalue weighted by atomic mass is 16.5. The van der Waals surface area contributed by atoms with Gasteiger partial charge in [-0.15, -0.1) is 0 Å². The van der Waals surface area contributed by atoms with E-state index < -0.39 is 18.1 Å². The number of piperidine rings is 1. The van der Waals surface area contributed by atoms with E-state index in [1.165, 1.54) is 19.1 Å². The van der Waals surface area contributed by atoms with Gasteiger partial charge in [-0.2, -0.15) is 0 Å². The van der Waals surface area contributed by atoms with E-state index >= 15 is 0 Å². The number of rotatable bonds is 3. The summed E-state index contributed by atoms with van der Waals surface area (Å²) in [6, 6.07) is 4.57. The number of carbonyl (C=O) groups is 2. The van der Waals surface area contributed by atoms with Crippen LogP contribution in [-0.4, -0.2) is 54.8 Å². The number of benzene rings is 1. The molecule has 6 nitrogen and oxygen atoms in total. The second kappa shape index (κ2) is 6.79. The van der Waals surface area contributed by atoms with Crippen molar-refractivity contribution < 1.29 is 24.2 Å². The molecule has 1 amide bonds. The van der Waals surface area contributed by atoms with Crippen LogP contribution in [0.5, 0.6) is 5.75 Å². The van der Waals surface area contributed by atoms with Crippen LogP contribution in [-0.2, 0) is 9.53 Å². The number of carbonyl (C=O) groups excluding carboxylic acids is 2. The molecule has 6 heteroatoms. The lowest BCUT2D eigenvalue weighted by atomic mass is 9.97. The van der Waals surface area contributed by atoms with Gasteiger partial charge in [0.1, 0.15) is 11.8 Å². The Balaban J connectivity index is 2.36. The number of nitrogens with zero attached hydrogens (tertiary/aromatic N) is 1. The molecule has 0 spiro atoms. The fraction of sp³-hybridized carbons (Fsp3) is 0.500. The molecule has 1 aliphatic heterocycles. The highest BCUT2D eigenvalue weighted by Crippen LogP contribution is 2.27. The van der Waals surface area contributed by atoms with Gasteiger partial charge in [0.05, 0.1) is 25.9 Å². The van der Waals surface area contributed by atoms with Crippen molar-refractivity contribution in [3.8, 4) is 5.75 Å². The number of aliphatic hydroxyl groups excluding tert-OH is 1. The van der Waals surface area contributed by atoms with Crippen molar-refractivity contribution in [2.45, 2.75) is 31.9 Å². The highest BCUT2D eigenvalue weighted by Gasteiger charge is 2.37. The largest absolute Gasteiger partial charge is 0.496 e. The van der Waals surface area contributed by atoms with Crippen LogP contribution in [0.1, 0.15) is 28.8 Å². The molecule has 1 N–H and O–H groups in total. The second-order valence-electron chi connectivity index (χ2n) is 5.37. The first-order valence-electron chi connectivity index (χ1n) is 7.20. The summed E-state index contributed by atoms with van der Waals surface area (Å²) >= 11 is 0. The fourth-order valence-electron chi connectivity index (χ4n) is 2.78. The maximum Gasteiger partial charge on any atom is 0.328 e. The molecule has 1 heterocycles. The molecule has 0 aromatic heterocycles. The maximum atomic E-state index is 12.9. The van der Waals surface area contributed by atoms with Crippen LogP contribution in [0, 0.1) is 6.92 Å². The zero-order valence-electron chi connectivity index (χ0n) is 13.0. The molecule has 1 aromatic carbocycles. The highest BCUT2D eigenvalue weighted by molar-refractivity contribution is 6.00. The summed E-state index contributed by atoms with van der Waals surface area (Å²) in [5.74, 6) is -0.323. The van der Waals surface area contributed by atoms with Crippen LogP contribution >= 0.6 is 0 Å². The molecule has 0 radical (unpaired) electrons. The maximum absolute atomic E-state index is 12.9. The van der Waals surface area contributed by atoms with Crippen molar-refractivity contribution in [2.24, 2.45) is 0 Å². The monoisotopic (exact) mass is 307 g/mol. The Hall–Kier alpha value is -2.08. The molecule has 0 unspecified atom stereocenters. The Morgan fingerprint density at radius 2 is 2.05 bits per heavy atom. The van der Waals surface area contributed by atoms with E-state index in [2.05, 4.69) is 0 Å². The van der Waals surface area contributed by atoms with Gasteiger partial charge in [0.2, 0.25) is 0 Å². The van der Waals surface area contributed by atoms with E-state index in [1.54, 1.807) is 6.07 Å². The van der Waals surface area contributed by atoms with Gasteiger partial charge in [0, 0.05) is 13.0 Å². The van der Waals surface area contributed by atoms with Crippen LogP contribution in [0.4, 0.5) is 0 Å². The van der Waals surface area contributed by atoms with Gasteiger partial charge in [0.15, 0.2) is 0 Å². The Morgan fingerprint density at radius 1 is 1.32 bits per heavy atom. The molecule has 22 heavy (non-hydrogen) atoms. The number of hydrogen-bond donors (Lipinski definition) is 1. The quantitative estimate of drug-likeness (QED) is 0.848. The summed E-state index contributed by atoms with van der Waals surface area (Å²) in [6.45, 7) is 2.12. The van der Waals surface area contributed by atoms with Crippen LogP contribution in [0.15, 0.2) is 18.2 Å². The van der Waals surface area contributed by atoms with Crippen LogP contribution in [0.25, 0.3) is 0 Å². The van der Waals surface area contributed by atoms with E-state index in [-0.39, 0.29) is 12.3 Å². The number of aliphatic hydroxyl groups is 1. The fourth-order valence-corrected chi connectivity index (χ4v) is 2.78. The molecule has 0 saturated carbocycles. The third-order valence-electron chi connectivity index (χ3n) is 3.98. The van der Waals surface area contributed by atoms with Crippen molar-refractivity contribution in [1.82, 2.24) is 4.90 Å². The molecule has 1 fully saturated rings. The topological polar surface area (TPSA) is 76.1 Å². The summed E-state index contributed by atoms with van der Waals surface area (Å²) in [5, 5.41) is 9.78. The number of aryl methyl sites for hydroxylation is 1. The van der Waals surface area contributed by atoms with Crippen LogP contribution in [0.3, 0.4) is 0 Å². The molecule has 2 rings (SSSR count). The molecule has 1 aliphatic rings. The zero-order chi connectivity index (χ0) is 16.3. The number of ether oxygens (including phenoxy) is 2. The second-order valence-corrected chi connectivity index (χ2v) is 5.37. The van der Waals surface area contributed by atoms with E-state index in [1.807, 2.05) is 19.1 Å². The normalized spacial score (nSPS) is 21.4. The summed E-state index contributed by atoms with van der Waals surface area (Å²) in [4.78, 5) is 26.3. The van der Waals surface area contributed by atoms with Crippen molar-refractivity contribution in [2.75, 3.05) is 20.8 Å². The third-order valence-corrected chi connectivity index (χ3v) is 3.98. The number of likely N-dealkylation sites (tertiary alicyclic amines) is 1. The number of esters is 1. The van der Waals surface area contributed by atoms with Gasteiger partial charge >= 0.3 is 5.97 Å². The molecule has 1 saturated heterocycles. The standard InChI is InChI=1S/C16H21NO5/c1-10-5-4-6-13(21-2)14(10)15(19)17-8-7-11(18)9-12(17)16(20)22-3/h4-6,11-12,18H,7-9H2,1-3H3/t11-,12+/m0/s1. The average Bonchev–Trinajstić information content (AvgIpc) is 2.53. The Labute approximate surface area is 129 Å². The number of methoxy groups -OCH3 is 2. The summed E-state index contributed by atoms with van der Waals surface area (Å²) < 4.78 is 10.0. The molecule has 0 bridgehead atoms. The molecule has 120 valence electrons. The molecular weight excluding hydrogens is 286 g/mol. The van der Waals surface area contributed by atoms with Gasteiger partial charge in [-0.25, -0.2) is 4.79 Å². The first-order valence-corrected chi connectivity index (χ1v) is 7.20. The Morgan fingerprint density at radius 3 is 2.68 bits per heavy atom. The summed E-state index contributed by atoms with van der Waals surface area (Å²) in [6.07, 6.45) is 0.0203. The van der Waals surface area contributed by atoms with Gasteiger partial charge in [0.25, 0.3) is 5.91 Å². The Kier molecular flexibility index (Phi) is 5.03. The van der Waals surface area contributed by atoms with Crippen LogP contribution < -0.4 is 4.74 Å². The van der Waals surface area contributed by atoms with E-state index in [0.29, 0.717) is 24.3 Å². The molecule has 1 aromatic rings. The molecule has 0 aliphatic carbocycles. The SMILES string of the molecule is COC(=O)[C@H]1C[C@@H](O)CCN1C(=O)c1c(C)cccc1OC. The predicted octanol–water partition coefficient (Wildman–Crippen LogP) is 1.14. The van der Waals surface area contributed by atoms with Gasteiger partial charge in [-0.1, -0.05) is 12.1 Å². The predicted molar refractivity (Wildman–Crippen MR) is 79.8 cm³/mol. The first kappa shape index (κ1) is 16.3. The average molecular weight is 307 g/mol.